The highest BCUT2D eigenvalue weighted by Gasteiger charge is 2.36. The van der Waals surface area contributed by atoms with Gasteiger partial charge in [0, 0.05) is 43.6 Å². The predicted molar refractivity (Wildman–Crippen MR) is 107 cm³/mol. The van der Waals surface area contributed by atoms with E-state index in [1.54, 1.807) is 7.11 Å². The highest BCUT2D eigenvalue weighted by Crippen LogP contribution is 2.36. The van der Waals surface area contributed by atoms with Crippen LogP contribution in [0.25, 0.3) is 5.65 Å². The largest absolute Gasteiger partial charge is 0.497 e. The van der Waals surface area contributed by atoms with Gasteiger partial charge in [-0.1, -0.05) is 12.1 Å². The summed E-state index contributed by atoms with van der Waals surface area (Å²) >= 11 is 0. The van der Waals surface area contributed by atoms with Crippen molar-refractivity contribution in [2.24, 2.45) is 5.92 Å². The van der Waals surface area contributed by atoms with Gasteiger partial charge in [-0.05, 0) is 30.7 Å². The summed E-state index contributed by atoms with van der Waals surface area (Å²) in [5, 5.41) is 18.8. The van der Waals surface area contributed by atoms with Gasteiger partial charge < -0.3 is 20.1 Å². The molecule has 1 aromatic carbocycles. The molecule has 0 bridgehead atoms. The number of aromatic nitrogens is 3. The van der Waals surface area contributed by atoms with Crippen molar-refractivity contribution in [3.8, 4) is 5.75 Å². The van der Waals surface area contributed by atoms with E-state index in [0.717, 1.165) is 61.8 Å². The quantitative estimate of drug-likeness (QED) is 0.717. The van der Waals surface area contributed by atoms with Gasteiger partial charge in [0.25, 0.3) is 0 Å². The molecule has 0 saturated carbocycles. The van der Waals surface area contributed by atoms with E-state index in [4.69, 9.17) is 9.72 Å². The number of aliphatic hydroxyl groups is 1. The number of fused-ring (bicyclic) bond motifs is 2. The van der Waals surface area contributed by atoms with Crippen LogP contribution in [0.4, 0.5) is 5.82 Å². The first-order valence-corrected chi connectivity index (χ1v) is 9.88. The van der Waals surface area contributed by atoms with Gasteiger partial charge in [0.05, 0.1) is 25.1 Å². The SMILES string of the molecule is COc1ccc(C(O)C2CN(c3c4c(nc5ccnn35)CCNCC4)C2)cc1. The second-order valence-electron chi connectivity index (χ2n) is 7.59. The highest BCUT2D eigenvalue weighted by atomic mass is 16.5. The summed E-state index contributed by atoms with van der Waals surface area (Å²) in [6.45, 7) is 3.54. The fourth-order valence-electron chi connectivity index (χ4n) is 4.30. The summed E-state index contributed by atoms with van der Waals surface area (Å²) in [5.41, 5.74) is 4.30. The first kappa shape index (κ1) is 17.5. The van der Waals surface area contributed by atoms with Crippen LogP contribution in [0.2, 0.25) is 0 Å². The minimum absolute atomic E-state index is 0.201. The van der Waals surface area contributed by atoms with E-state index < -0.39 is 6.10 Å². The molecule has 2 N–H and O–H groups in total. The van der Waals surface area contributed by atoms with Crippen molar-refractivity contribution in [1.82, 2.24) is 19.9 Å². The van der Waals surface area contributed by atoms with Crippen molar-refractivity contribution in [2.45, 2.75) is 18.9 Å². The molecule has 2 aromatic heterocycles. The summed E-state index contributed by atoms with van der Waals surface area (Å²) in [6.07, 6.45) is 3.23. The van der Waals surface area contributed by atoms with Crippen LogP contribution in [0.1, 0.15) is 22.9 Å². The Hall–Kier alpha value is -2.64. The molecule has 5 rings (SSSR count). The third-order valence-corrected chi connectivity index (χ3v) is 5.89. The molecule has 7 heteroatoms. The Kier molecular flexibility index (Phi) is 4.41. The Balaban J connectivity index is 1.40. The van der Waals surface area contributed by atoms with Crippen LogP contribution >= 0.6 is 0 Å². The van der Waals surface area contributed by atoms with E-state index in [-0.39, 0.29) is 5.92 Å². The molecule has 0 amide bonds. The average molecular weight is 379 g/mol. The second kappa shape index (κ2) is 7.07. The smallest absolute Gasteiger partial charge is 0.157 e. The Labute approximate surface area is 164 Å². The number of benzene rings is 1. The summed E-state index contributed by atoms with van der Waals surface area (Å²) in [7, 11) is 1.65. The standard InChI is InChI=1S/C21H25N5O2/c1-28-16-4-2-14(3-5-16)20(27)15-12-25(13-15)21-17-6-9-22-10-7-18(17)24-19-8-11-23-26(19)21/h2-5,8,11,15,20,22,27H,6-7,9-10,12-13H2,1H3. The van der Waals surface area contributed by atoms with Gasteiger partial charge in [-0.2, -0.15) is 9.61 Å². The van der Waals surface area contributed by atoms with E-state index in [9.17, 15) is 5.11 Å². The maximum Gasteiger partial charge on any atom is 0.157 e. The van der Waals surface area contributed by atoms with Crippen LogP contribution < -0.4 is 15.0 Å². The molecular formula is C21H25N5O2. The van der Waals surface area contributed by atoms with Gasteiger partial charge in [-0.25, -0.2) is 4.98 Å². The average Bonchev–Trinajstić information content (AvgIpc) is 3.03. The molecule has 0 spiro atoms. The number of hydrogen-bond acceptors (Lipinski definition) is 6. The predicted octanol–water partition coefficient (Wildman–Crippen LogP) is 1.60. The van der Waals surface area contributed by atoms with Gasteiger partial charge >= 0.3 is 0 Å². The molecule has 3 aromatic rings. The van der Waals surface area contributed by atoms with Crippen molar-refractivity contribution < 1.29 is 9.84 Å². The zero-order valence-corrected chi connectivity index (χ0v) is 16.0. The fraction of sp³-hybridized carbons (Fsp3) is 0.429. The lowest BCUT2D eigenvalue weighted by Crippen LogP contribution is -2.50. The molecule has 1 unspecified atom stereocenters. The number of nitrogens with zero attached hydrogens (tertiary/aromatic N) is 4. The number of ether oxygens (including phenoxy) is 1. The third-order valence-electron chi connectivity index (χ3n) is 5.89. The van der Waals surface area contributed by atoms with E-state index in [1.807, 2.05) is 41.0 Å². The summed E-state index contributed by atoms with van der Waals surface area (Å²) in [5.74, 6) is 2.15. The Bertz CT molecular complexity index is 978. The van der Waals surface area contributed by atoms with Crippen LogP contribution in [0.3, 0.4) is 0 Å². The van der Waals surface area contributed by atoms with Gasteiger partial charge in [0.2, 0.25) is 0 Å². The lowest BCUT2D eigenvalue weighted by atomic mass is 9.88. The van der Waals surface area contributed by atoms with Crippen molar-refractivity contribution in [1.29, 1.82) is 0 Å². The number of anilines is 1. The Morgan fingerprint density at radius 1 is 1.14 bits per heavy atom. The number of methoxy groups -OCH3 is 1. The molecule has 1 fully saturated rings. The maximum atomic E-state index is 10.8. The molecule has 2 aliphatic heterocycles. The van der Waals surface area contributed by atoms with E-state index in [0.29, 0.717) is 0 Å². The lowest BCUT2D eigenvalue weighted by Gasteiger charge is -2.44. The summed E-state index contributed by atoms with van der Waals surface area (Å²) in [4.78, 5) is 7.16. The molecule has 28 heavy (non-hydrogen) atoms. The van der Waals surface area contributed by atoms with E-state index in [2.05, 4.69) is 15.3 Å². The minimum atomic E-state index is -0.475. The molecule has 0 radical (unpaired) electrons. The zero-order valence-electron chi connectivity index (χ0n) is 16.0. The molecule has 0 aliphatic carbocycles. The maximum absolute atomic E-state index is 10.8. The first-order valence-electron chi connectivity index (χ1n) is 9.88. The molecule has 4 heterocycles. The van der Waals surface area contributed by atoms with Crippen LogP contribution in [0.5, 0.6) is 5.75 Å². The second-order valence-corrected chi connectivity index (χ2v) is 7.59. The van der Waals surface area contributed by atoms with Crippen LogP contribution in [0, 0.1) is 5.92 Å². The van der Waals surface area contributed by atoms with Gasteiger partial charge in [0.15, 0.2) is 5.65 Å². The highest BCUT2D eigenvalue weighted by molar-refractivity contribution is 5.59. The topological polar surface area (TPSA) is 74.9 Å². The number of nitrogens with one attached hydrogen (secondary N) is 1. The molecule has 146 valence electrons. The van der Waals surface area contributed by atoms with Crippen molar-refractivity contribution in [2.75, 3.05) is 38.2 Å². The van der Waals surface area contributed by atoms with Crippen LogP contribution in [-0.2, 0) is 12.8 Å². The zero-order chi connectivity index (χ0) is 19.1. The van der Waals surface area contributed by atoms with E-state index >= 15 is 0 Å². The van der Waals surface area contributed by atoms with Crippen molar-refractivity contribution >= 4 is 11.5 Å². The normalized spacial score (nSPS) is 18.4. The fourth-order valence-corrected chi connectivity index (χ4v) is 4.30. The van der Waals surface area contributed by atoms with Crippen molar-refractivity contribution in [3.63, 3.8) is 0 Å². The summed E-state index contributed by atoms with van der Waals surface area (Å²) in [6, 6.07) is 9.66. The van der Waals surface area contributed by atoms with E-state index in [1.165, 1.54) is 11.3 Å². The van der Waals surface area contributed by atoms with Crippen LogP contribution in [-0.4, -0.2) is 53.0 Å². The van der Waals surface area contributed by atoms with Crippen LogP contribution in [0.15, 0.2) is 36.5 Å². The minimum Gasteiger partial charge on any atom is -0.497 e. The number of rotatable bonds is 4. The Morgan fingerprint density at radius 2 is 1.93 bits per heavy atom. The monoisotopic (exact) mass is 379 g/mol. The van der Waals surface area contributed by atoms with Crippen molar-refractivity contribution in [3.05, 3.63) is 53.3 Å². The molecule has 1 atom stereocenters. The number of aliphatic hydroxyl groups excluding tert-OH is 1. The lowest BCUT2D eigenvalue weighted by molar-refractivity contribution is 0.0901. The summed E-state index contributed by atoms with van der Waals surface area (Å²) < 4.78 is 7.17. The van der Waals surface area contributed by atoms with Gasteiger partial charge in [-0.3, -0.25) is 0 Å². The molecular weight excluding hydrogens is 354 g/mol. The molecule has 7 nitrogen and oxygen atoms in total. The third kappa shape index (κ3) is 2.91. The van der Waals surface area contributed by atoms with Gasteiger partial charge in [0.1, 0.15) is 11.6 Å². The first-order chi connectivity index (χ1) is 13.7. The molecule has 1 saturated heterocycles. The van der Waals surface area contributed by atoms with Gasteiger partial charge in [-0.15, -0.1) is 0 Å². The molecule has 2 aliphatic rings. The number of hydrogen-bond donors (Lipinski definition) is 2. The Morgan fingerprint density at radius 3 is 2.71 bits per heavy atom.